The normalized spacial score (nSPS) is 10.8. The van der Waals surface area contributed by atoms with E-state index in [-0.39, 0.29) is 11.5 Å². The largest absolute Gasteiger partial charge is 0.485 e. The van der Waals surface area contributed by atoms with Gasteiger partial charge in [0.15, 0.2) is 10.6 Å². The van der Waals surface area contributed by atoms with Crippen molar-refractivity contribution < 1.29 is 23.9 Å². The molecule has 2 heterocycles. The van der Waals surface area contributed by atoms with Gasteiger partial charge in [-0.3, -0.25) is 0 Å². The van der Waals surface area contributed by atoms with Crippen LogP contribution in [0.2, 0.25) is 0 Å². The van der Waals surface area contributed by atoms with E-state index in [1.807, 2.05) is 6.92 Å². The summed E-state index contributed by atoms with van der Waals surface area (Å²) >= 11 is 1.25. The molecule has 0 bridgehead atoms. The van der Waals surface area contributed by atoms with Gasteiger partial charge < -0.3 is 19.1 Å². The summed E-state index contributed by atoms with van der Waals surface area (Å²) in [6.07, 6.45) is 1.80. The fourth-order valence-electron chi connectivity index (χ4n) is 1.83. The molecule has 0 fully saturated rings. The Labute approximate surface area is 126 Å². The van der Waals surface area contributed by atoms with Crippen LogP contribution in [0.1, 0.15) is 39.3 Å². The van der Waals surface area contributed by atoms with Gasteiger partial charge in [0.05, 0.1) is 0 Å². The molecule has 2 aromatic rings. The highest BCUT2D eigenvalue weighted by Gasteiger charge is 2.17. The fraction of sp³-hybridized carbons (Fsp3) is 0.429. The van der Waals surface area contributed by atoms with Crippen LogP contribution >= 0.6 is 11.3 Å². The molecule has 0 atom stereocenters. The maximum absolute atomic E-state index is 11.2. The minimum Gasteiger partial charge on any atom is -0.485 e. The topological polar surface area (TPSA) is 81.8 Å². The molecule has 0 spiro atoms. The van der Waals surface area contributed by atoms with Gasteiger partial charge in [0.2, 0.25) is 0 Å². The number of aromatic carboxylic acids is 1. The summed E-state index contributed by atoms with van der Waals surface area (Å²) in [6, 6.07) is 3.51. The van der Waals surface area contributed by atoms with Crippen molar-refractivity contribution in [2.75, 3.05) is 7.11 Å². The Morgan fingerprint density at radius 2 is 2.24 bits per heavy atom. The van der Waals surface area contributed by atoms with E-state index in [1.165, 1.54) is 11.3 Å². The Bertz CT molecular complexity index is 604. The quantitative estimate of drug-likeness (QED) is 0.806. The number of carboxylic acid groups (broad SMARTS) is 1. The third-order valence-corrected chi connectivity index (χ3v) is 3.87. The summed E-state index contributed by atoms with van der Waals surface area (Å²) in [6.45, 7) is 2.55. The molecule has 0 saturated heterocycles. The van der Waals surface area contributed by atoms with E-state index in [4.69, 9.17) is 14.0 Å². The van der Waals surface area contributed by atoms with Crippen LogP contribution in [0.5, 0.6) is 5.75 Å². The van der Waals surface area contributed by atoms with Gasteiger partial charge in [-0.05, 0) is 12.5 Å². The molecule has 0 aliphatic heterocycles. The second kappa shape index (κ2) is 7.24. The van der Waals surface area contributed by atoms with Crippen molar-refractivity contribution in [2.24, 2.45) is 0 Å². The number of rotatable bonds is 8. The van der Waals surface area contributed by atoms with E-state index in [2.05, 4.69) is 5.16 Å². The van der Waals surface area contributed by atoms with E-state index in [0.717, 1.165) is 17.7 Å². The van der Waals surface area contributed by atoms with Gasteiger partial charge in [-0.25, -0.2) is 4.79 Å². The van der Waals surface area contributed by atoms with E-state index in [1.54, 1.807) is 19.2 Å². The molecule has 114 valence electrons. The molecule has 2 aromatic heterocycles. The van der Waals surface area contributed by atoms with Gasteiger partial charge in [0.1, 0.15) is 24.7 Å². The van der Waals surface area contributed by atoms with Crippen molar-refractivity contribution in [3.63, 3.8) is 0 Å². The average Bonchev–Trinajstić information content (AvgIpc) is 3.04. The first-order valence-electron chi connectivity index (χ1n) is 6.56. The molecule has 0 aliphatic rings. The van der Waals surface area contributed by atoms with Crippen LogP contribution in [0.25, 0.3) is 0 Å². The molecule has 0 saturated carbocycles. The summed E-state index contributed by atoms with van der Waals surface area (Å²) < 4.78 is 15.5. The smallest absolute Gasteiger partial charge is 0.349 e. The molecule has 6 nitrogen and oxygen atoms in total. The Balaban J connectivity index is 2.05. The lowest BCUT2D eigenvalue weighted by Crippen LogP contribution is -2.00. The van der Waals surface area contributed by atoms with E-state index >= 15 is 0 Å². The van der Waals surface area contributed by atoms with Gasteiger partial charge in [-0.2, -0.15) is 0 Å². The van der Waals surface area contributed by atoms with Crippen molar-refractivity contribution in [3.05, 3.63) is 33.3 Å². The van der Waals surface area contributed by atoms with Gasteiger partial charge >= 0.3 is 5.97 Å². The highest BCUT2D eigenvalue weighted by Crippen LogP contribution is 2.31. The molecular weight excluding hydrogens is 294 g/mol. The van der Waals surface area contributed by atoms with Crippen LogP contribution in [0, 0.1) is 0 Å². The Hall–Kier alpha value is -1.86. The third-order valence-electron chi connectivity index (χ3n) is 2.71. The SMILES string of the molecule is CCCc1cc(OCc2cc(COC)on2)c(C(=O)O)s1. The molecule has 0 aliphatic carbocycles. The predicted molar refractivity (Wildman–Crippen MR) is 76.8 cm³/mol. The molecule has 0 unspecified atom stereocenters. The van der Waals surface area contributed by atoms with Crippen LogP contribution in [0.4, 0.5) is 0 Å². The first kappa shape index (κ1) is 15.5. The summed E-state index contributed by atoms with van der Waals surface area (Å²) in [5.74, 6) is 0.0105. The minimum absolute atomic E-state index is 0.162. The van der Waals surface area contributed by atoms with Gasteiger partial charge in [-0.1, -0.05) is 18.5 Å². The van der Waals surface area contributed by atoms with Gasteiger partial charge in [0.25, 0.3) is 0 Å². The molecule has 0 radical (unpaired) electrons. The van der Waals surface area contributed by atoms with Crippen LogP contribution in [-0.4, -0.2) is 23.3 Å². The number of methoxy groups -OCH3 is 1. The molecule has 7 heteroatoms. The lowest BCUT2D eigenvalue weighted by molar-refractivity contribution is 0.0697. The highest BCUT2D eigenvalue weighted by atomic mass is 32.1. The third kappa shape index (κ3) is 4.05. The number of ether oxygens (including phenoxy) is 2. The van der Waals surface area contributed by atoms with E-state index in [9.17, 15) is 9.90 Å². The number of hydrogen-bond donors (Lipinski definition) is 1. The first-order chi connectivity index (χ1) is 10.1. The number of hydrogen-bond acceptors (Lipinski definition) is 6. The van der Waals surface area contributed by atoms with Crippen molar-refractivity contribution in [2.45, 2.75) is 33.0 Å². The maximum Gasteiger partial charge on any atom is 0.349 e. The van der Waals surface area contributed by atoms with Crippen molar-refractivity contribution in [3.8, 4) is 5.75 Å². The van der Waals surface area contributed by atoms with Crippen LogP contribution in [-0.2, 0) is 24.4 Å². The monoisotopic (exact) mass is 311 g/mol. The van der Waals surface area contributed by atoms with Crippen LogP contribution < -0.4 is 4.74 Å². The van der Waals surface area contributed by atoms with Crippen LogP contribution in [0.3, 0.4) is 0 Å². The second-order valence-corrected chi connectivity index (χ2v) is 5.60. The number of aryl methyl sites for hydroxylation is 1. The van der Waals surface area contributed by atoms with Crippen molar-refractivity contribution in [1.29, 1.82) is 0 Å². The lowest BCUT2D eigenvalue weighted by atomic mass is 10.3. The Morgan fingerprint density at radius 3 is 2.90 bits per heavy atom. The minimum atomic E-state index is -0.974. The van der Waals surface area contributed by atoms with Gasteiger partial charge in [-0.15, -0.1) is 11.3 Å². The zero-order valence-electron chi connectivity index (χ0n) is 11.9. The molecule has 0 amide bonds. The molecule has 2 rings (SSSR count). The summed E-state index contributed by atoms with van der Waals surface area (Å²) in [7, 11) is 1.57. The summed E-state index contributed by atoms with van der Waals surface area (Å²) in [5.41, 5.74) is 0.599. The zero-order valence-corrected chi connectivity index (χ0v) is 12.7. The van der Waals surface area contributed by atoms with Gasteiger partial charge in [0, 0.05) is 18.1 Å². The zero-order chi connectivity index (χ0) is 15.2. The summed E-state index contributed by atoms with van der Waals surface area (Å²) in [5, 5.41) is 13.0. The number of aromatic nitrogens is 1. The maximum atomic E-state index is 11.2. The molecular formula is C14H17NO5S. The lowest BCUT2D eigenvalue weighted by Gasteiger charge is -2.01. The van der Waals surface area contributed by atoms with Crippen molar-refractivity contribution >= 4 is 17.3 Å². The Kier molecular flexibility index (Phi) is 5.35. The van der Waals surface area contributed by atoms with E-state index < -0.39 is 5.97 Å². The molecule has 0 aromatic carbocycles. The molecule has 1 N–H and O–H groups in total. The number of thiophene rings is 1. The predicted octanol–water partition coefficient (Wildman–Crippen LogP) is 3.11. The highest BCUT2D eigenvalue weighted by molar-refractivity contribution is 7.14. The number of carboxylic acids is 1. The van der Waals surface area contributed by atoms with Crippen molar-refractivity contribution in [1.82, 2.24) is 5.16 Å². The van der Waals surface area contributed by atoms with Crippen LogP contribution in [0.15, 0.2) is 16.7 Å². The average molecular weight is 311 g/mol. The van der Waals surface area contributed by atoms with E-state index in [0.29, 0.717) is 23.8 Å². The standard InChI is InChI=1S/C14H17NO5S/c1-3-4-11-6-12(13(21-11)14(16)17)19-7-9-5-10(8-18-2)20-15-9/h5-6H,3-4,7-8H2,1-2H3,(H,16,17). The number of carbonyl (C=O) groups is 1. The number of nitrogens with zero attached hydrogens (tertiary/aromatic N) is 1. The summed E-state index contributed by atoms with van der Waals surface area (Å²) in [4.78, 5) is 12.4. The second-order valence-electron chi connectivity index (χ2n) is 4.47. The Morgan fingerprint density at radius 1 is 1.43 bits per heavy atom. The molecule has 21 heavy (non-hydrogen) atoms. The first-order valence-corrected chi connectivity index (χ1v) is 7.37. The fourth-order valence-corrected chi connectivity index (χ4v) is 2.87.